The van der Waals surface area contributed by atoms with Gasteiger partial charge in [0.25, 0.3) is 0 Å². The van der Waals surface area contributed by atoms with Crippen molar-refractivity contribution in [2.75, 3.05) is 0 Å². The van der Waals surface area contributed by atoms with Crippen LogP contribution in [0.15, 0.2) is 168 Å². The van der Waals surface area contributed by atoms with Crippen LogP contribution in [-0.2, 0) is 0 Å². The van der Waals surface area contributed by atoms with Gasteiger partial charge in [0.1, 0.15) is 11.2 Å². The lowest BCUT2D eigenvalue weighted by Gasteiger charge is -2.12. The van der Waals surface area contributed by atoms with Gasteiger partial charge in [-0.1, -0.05) is 146 Å². The van der Waals surface area contributed by atoms with Crippen LogP contribution in [0.4, 0.5) is 0 Å². The number of aromatic nitrogens is 3. The molecule has 0 N–H and O–H groups in total. The number of thiophene rings is 1. The molecule has 0 saturated carbocycles. The van der Waals surface area contributed by atoms with Crippen molar-refractivity contribution in [2.24, 2.45) is 0 Å². The average Bonchev–Trinajstić information content (AvgIpc) is 3.79. The summed E-state index contributed by atoms with van der Waals surface area (Å²) in [7, 11) is 0. The highest BCUT2D eigenvalue weighted by Gasteiger charge is 2.22. The zero-order valence-electron chi connectivity index (χ0n) is 27.7. The van der Waals surface area contributed by atoms with E-state index in [0.717, 1.165) is 71.3 Å². The zero-order chi connectivity index (χ0) is 34.2. The molecule has 0 aliphatic rings. The predicted molar refractivity (Wildman–Crippen MR) is 217 cm³/mol. The molecule has 0 unspecified atom stereocenters. The molecule has 0 radical (unpaired) electrons. The molecule has 0 fully saturated rings. The van der Waals surface area contributed by atoms with E-state index in [1.807, 2.05) is 6.07 Å². The Morgan fingerprint density at radius 1 is 0.365 bits per heavy atom. The quantitative estimate of drug-likeness (QED) is 0.185. The average molecular weight is 682 g/mol. The normalized spacial score (nSPS) is 11.8. The lowest BCUT2D eigenvalue weighted by atomic mass is 9.98. The van der Waals surface area contributed by atoms with Crippen molar-refractivity contribution in [1.29, 1.82) is 0 Å². The molecule has 0 saturated heterocycles. The maximum atomic E-state index is 6.80. The molecule has 4 nitrogen and oxygen atoms in total. The third-order valence-electron chi connectivity index (χ3n) is 10.1. The van der Waals surface area contributed by atoms with Crippen molar-refractivity contribution in [1.82, 2.24) is 15.0 Å². The van der Waals surface area contributed by atoms with Gasteiger partial charge in [0, 0.05) is 58.6 Å². The van der Waals surface area contributed by atoms with E-state index in [1.54, 1.807) is 11.3 Å². The van der Waals surface area contributed by atoms with E-state index in [2.05, 4.69) is 158 Å². The largest absolute Gasteiger partial charge is 0.455 e. The molecular weight excluding hydrogens is 655 g/mol. The summed E-state index contributed by atoms with van der Waals surface area (Å²) in [6.45, 7) is 0. The molecule has 0 aliphatic heterocycles. The molecule has 0 atom stereocenters. The van der Waals surface area contributed by atoms with Gasteiger partial charge in [0.05, 0.1) is 0 Å². The molecule has 0 bridgehead atoms. The standard InChI is InChI=1S/C47H27N3OS/c1-2-13-29(14-3-1)31-21-11-22-34-38-27-39(32-18-6-7-19-33(32)44(38)51-43(31)34)47-49-45(35-23-10-16-28-15-4-5-17-30(28)35)48-46(50-47)37-24-12-26-41-42(37)36-20-8-9-25-40(36)52-41/h1-27H. The Morgan fingerprint density at radius 2 is 0.923 bits per heavy atom. The number of rotatable bonds is 4. The molecule has 0 amide bonds. The lowest BCUT2D eigenvalue weighted by molar-refractivity contribution is 0.674. The van der Waals surface area contributed by atoms with Gasteiger partial charge in [0.15, 0.2) is 17.5 Å². The van der Waals surface area contributed by atoms with E-state index < -0.39 is 0 Å². The predicted octanol–water partition coefficient (Wildman–Crippen LogP) is 13.1. The number of hydrogen-bond acceptors (Lipinski definition) is 5. The first kappa shape index (κ1) is 29.1. The number of hydrogen-bond donors (Lipinski definition) is 0. The Kier molecular flexibility index (Phi) is 6.39. The molecule has 5 heteroatoms. The molecule has 52 heavy (non-hydrogen) atoms. The fourth-order valence-corrected chi connectivity index (χ4v) is 8.90. The number of para-hydroxylation sites is 1. The molecular formula is C47H27N3OS. The van der Waals surface area contributed by atoms with Crippen LogP contribution in [0.3, 0.4) is 0 Å². The van der Waals surface area contributed by atoms with Gasteiger partial charge in [-0.25, -0.2) is 15.0 Å². The second kappa shape index (κ2) is 11.4. The third kappa shape index (κ3) is 4.43. The first-order valence-corrected chi connectivity index (χ1v) is 18.2. The van der Waals surface area contributed by atoms with E-state index in [1.165, 1.54) is 20.2 Å². The van der Waals surface area contributed by atoms with E-state index in [9.17, 15) is 0 Å². The number of fused-ring (bicyclic) bond motifs is 9. The molecule has 3 heterocycles. The fourth-order valence-electron chi connectivity index (χ4n) is 7.77. The van der Waals surface area contributed by atoms with E-state index >= 15 is 0 Å². The Labute approximate surface area is 302 Å². The summed E-state index contributed by atoms with van der Waals surface area (Å²) in [4.78, 5) is 15.9. The van der Waals surface area contributed by atoms with Gasteiger partial charge in [-0.05, 0) is 39.9 Å². The summed E-state index contributed by atoms with van der Waals surface area (Å²) >= 11 is 1.80. The molecule has 0 aliphatic carbocycles. The summed E-state index contributed by atoms with van der Waals surface area (Å²) in [5, 5.41) is 8.74. The molecule has 11 rings (SSSR count). The highest BCUT2D eigenvalue weighted by Crippen LogP contribution is 2.44. The highest BCUT2D eigenvalue weighted by atomic mass is 32.1. The second-order valence-electron chi connectivity index (χ2n) is 13.1. The van der Waals surface area contributed by atoms with Gasteiger partial charge in [0.2, 0.25) is 0 Å². The van der Waals surface area contributed by atoms with Crippen LogP contribution >= 0.6 is 11.3 Å². The first-order valence-electron chi connectivity index (χ1n) is 17.4. The minimum absolute atomic E-state index is 0.621. The van der Waals surface area contributed by atoms with Crippen LogP contribution in [0.2, 0.25) is 0 Å². The molecule has 8 aromatic carbocycles. The Balaban J connectivity index is 1.23. The van der Waals surface area contributed by atoms with Crippen LogP contribution in [0, 0.1) is 0 Å². The van der Waals surface area contributed by atoms with Gasteiger partial charge in [-0.3, -0.25) is 0 Å². The summed E-state index contributed by atoms with van der Waals surface area (Å²) < 4.78 is 9.25. The van der Waals surface area contributed by atoms with Crippen molar-refractivity contribution in [3.63, 3.8) is 0 Å². The summed E-state index contributed by atoms with van der Waals surface area (Å²) in [6.07, 6.45) is 0. The lowest BCUT2D eigenvalue weighted by Crippen LogP contribution is -2.01. The van der Waals surface area contributed by atoms with Crippen LogP contribution in [0.5, 0.6) is 0 Å². The zero-order valence-corrected chi connectivity index (χ0v) is 28.6. The van der Waals surface area contributed by atoms with Crippen LogP contribution in [0.1, 0.15) is 0 Å². The number of furan rings is 1. The van der Waals surface area contributed by atoms with Gasteiger partial charge in [-0.2, -0.15) is 0 Å². The smallest absolute Gasteiger partial charge is 0.164 e. The number of nitrogens with zero attached hydrogens (tertiary/aromatic N) is 3. The summed E-state index contributed by atoms with van der Waals surface area (Å²) in [5.74, 6) is 1.91. The van der Waals surface area contributed by atoms with Gasteiger partial charge >= 0.3 is 0 Å². The Bertz CT molecular complexity index is 3190. The van der Waals surface area contributed by atoms with Crippen molar-refractivity contribution in [2.45, 2.75) is 0 Å². The van der Waals surface area contributed by atoms with Crippen molar-refractivity contribution in [3.05, 3.63) is 164 Å². The molecule has 0 spiro atoms. The molecule has 242 valence electrons. The maximum Gasteiger partial charge on any atom is 0.164 e. The Hall–Kier alpha value is -6.69. The fraction of sp³-hybridized carbons (Fsp3) is 0. The second-order valence-corrected chi connectivity index (χ2v) is 14.2. The first-order chi connectivity index (χ1) is 25.8. The van der Waals surface area contributed by atoms with Crippen LogP contribution in [0.25, 0.3) is 109 Å². The molecule has 3 aromatic heterocycles. The minimum atomic E-state index is 0.621. The van der Waals surface area contributed by atoms with E-state index in [4.69, 9.17) is 19.4 Å². The van der Waals surface area contributed by atoms with E-state index in [0.29, 0.717) is 17.5 Å². The topological polar surface area (TPSA) is 51.8 Å². The minimum Gasteiger partial charge on any atom is -0.455 e. The van der Waals surface area contributed by atoms with Crippen LogP contribution < -0.4 is 0 Å². The Morgan fingerprint density at radius 3 is 1.79 bits per heavy atom. The van der Waals surface area contributed by atoms with Gasteiger partial charge in [-0.15, -0.1) is 11.3 Å². The maximum absolute atomic E-state index is 6.80. The summed E-state index contributed by atoms with van der Waals surface area (Å²) in [5.41, 5.74) is 6.81. The summed E-state index contributed by atoms with van der Waals surface area (Å²) in [6, 6.07) is 57.2. The van der Waals surface area contributed by atoms with Crippen molar-refractivity contribution < 1.29 is 4.42 Å². The van der Waals surface area contributed by atoms with Gasteiger partial charge < -0.3 is 4.42 Å². The van der Waals surface area contributed by atoms with E-state index in [-0.39, 0.29) is 0 Å². The third-order valence-corrected chi connectivity index (χ3v) is 11.3. The van der Waals surface area contributed by atoms with Crippen molar-refractivity contribution in [3.8, 4) is 45.3 Å². The molecule has 11 aromatic rings. The van der Waals surface area contributed by atoms with Crippen LogP contribution in [-0.4, -0.2) is 15.0 Å². The SMILES string of the molecule is c1ccc(-c2cccc3c2oc2c4ccccc4c(-c4nc(-c5cccc6ccccc56)nc(-c5cccc6sc7ccccc7c56)n4)cc32)cc1. The van der Waals surface area contributed by atoms with Crippen molar-refractivity contribution >= 4 is 75.0 Å². The number of benzene rings is 8. The highest BCUT2D eigenvalue weighted by molar-refractivity contribution is 7.25. The monoisotopic (exact) mass is 681 g/mol.